The van der Waals surface area contributed by atoms with Gasteiger partial charge in [-0.1, -0.05) is 0 Å². The summed E-state index contributed by atoms with van der Waals surface area (Å²) >= 11 is 0. The zero-order valence-corrected chi connectivity index (χ0v) is 9.40. The molecule has 1 heterocycles. The van der Waals surface area contributed by atoms with E-state index in [1.54, 1.807) is 0 Å². The standard InChI is InChI=1S/C10H12N2O3S/c11-8-3-5-9(6-4-8)16(14,15)12-7-1-2-10(12)13/h3-6H,1-2,7,11H2. The van der Waals surface area contributed by atoms with E-state index in [1.165, 1.54) is 24.3 Å². The first-order valence-corrected chi connectivity index (χ1v) is 6.37. The fraction of sp³-hybridized carbons (Fsp3) is 0.300. The lowest BCUT2D eigenvalue weighted by molar-refractivity contribution is -0.123. The minimum absolute atomic E-state index is 0.108. The summed E-state index contributed by atoms with van der Waals surface area (Å²) in [6, 6.07) is 5.84. The van der Waals surface area contributed by atoms with Crippen LogP contribution in [0, 0.1) is 0 Å². The molecule has 1 fully saturated rings. The van der Waals surface area contributed by atoms with Crippen molar-refractivity contribution in [3.63, 3.8) is 0 Å². The number of carbonyl (C=O) groups excluding carboxylic acids is 1. The highest BCUT2D eigenvalue weighted by Gasteiger charge is 2.32. The predicted octanol–water partition coefficient (Wildman–Crippen LogP) is 0.580. The van der Waals surface area contributed by atoms with Crippen molar-refractivity contribution in [1.29, 1.82) is 0 Å². The van der Waals surface area contributed by atoms with Gasteiger partial charge in [0.25, 0.3) is 10.0 Å². The molecule has 1 aromatic carbocycles. The topological polar surface area (TPSA) is 80.5 Å². The SMILES string of the molecule is Nc1ccc(S(=O)(=O)N2CCCC2=O)cc1. The van der Waals surface area contributed by atoms with Crippen molar-refractivity contribution in [1.82, 2.24) is 4.31 Å². The minimum Gasteiger partial charge on any atom is -0.399 e. The van der Waals surface area contributed by atoms with Crippen molar-refractivity contribution < 1.29 is 13.2 Å². The molecule has 0 atom stereocenters. The number of hydrogen-bond acceptors (Lipinski definition) is 4. The normalized spacial score (nSPS) is 16.8. The quantitative estimate of drug-likeness (QED) is 0.767. The van der Waals surface area contributed by atoms with Crippen LogP contribution >= 0.6 is 0 Å². The molecule has 0 saturated carbocycles. The second-order valence-corrected chi connectivity index (χ2v) is 5.51. The number of carbonyl (C=O) groups is 1. The summed E-state index contributed by atoms with van der Waals surface area (Å²) in [7, 11) is -3.68. The molecule has 1 amide bonds. The first-order chi connectivity index (χ1) is 7.51. The van der Waals surface area contributed by atoms with E-state index in [4.69, 9.17) is 5.73 Å². The van der Waals surface area contributed by atoms with Crippen LogP contribution in [0.4, 0.5) is 5.69 Å². The van der Waals surface area contributed by atoms with Crippen molar-refractivity contribution in [2.45, 2.75) is 17.7 Å². The summed E-state index contributed by atoms with van der Waals surface area (Å²) in [6.07, 6.45) is 0.890. The van der Waals surface area contributed by atoms with E-state index in [0.717, 1.165) is 4.31 Å². The summed E-state index contributed by atoms with van der Waals surface area (Å²) in [5.74, 6) is -0.336. The van der Waals surface area contributed by atoms with Gasteiger partial charge in [0.15, 0.2) is 0 Å². The number of rotatable bonds is 2. The van der Waals surface area contributed by atoms with Crippen molar-refractivity contribution in [2.75, 3.05) is 12.3 Å². The van der Waals surface area contributed by atoms with Crippen LogP contribution in [0.1, 0.15) is 12.8 Å². The van der Waals surface area contributed by atoms with E-state index in [-0.39, 0.29) is 17.3 Å². The van der Waals surface area contributed by atoms with Crippen molar-refractivity contribution in [3.8, 4) is 0 Å². The predicted molar refractivity (Wildman–Crippen MR) is 59.0 cm³/mol. The maximum absolute atomic E-state index is 12.0. The van der Waals surface area contributed by atoms with Crippen molar-refractivity contribution in [3.05, 3.63) is 24.3 Å². The number of anilines is 1. The third kappa shape index (κ3) is 1.76. The van der Waals surface area contributed by atoms with E-state index >= 15 is 0 Å². The highest BCUT2D eigenvalue weighted by molar-refractivity contribution is 7.89. The molecule has 5 nitrogen and oxygen atoms in total. The van der Waals surface area contributed by atoms with Gasteiger partial charge in [0.2, 0.25) is 5.91 Å². The Morgan fingerprint density at radius 3 is 2.31 bits per heavy atom. The molecule has 0 unspecified atom stereocenters. The number of benzene rings is 1. The highest BCUT2D eigenvalue weighted by Crippen LogP contribution is 2.22. The van der Waals surface area contributed by atoms with E-state index in [1.807, 2.05) is 0 Å². The third-order valence-electron chi connectivity index (χ3n) is 2.50. The van der Waals surface area contributed by atoms with Crippen LogP contribution in [-0.2, 0) is 14.8 Å². The van der Waals surface area contributed by atoms with Crippen LogP contribution in [0.25, 0.3) is 0 Å². The maximum atomic E-state index is 12.0. The van der Waals surface area contributed by atoms with Crippen LogP contribution in [0.15, 0.2) is 29.2 Å². The Hall–Kier alpha value is -1.56. The lowest BCUT2D eigenvalue weighted by atomic mass is 10.3. The Morgan fingerprint density at radius 2 is 1.81 bits per heavy atom. The van der Waals surface area contributed by atoms with Crippen LogP contribution in [0.2, 0.25) is 0 Å². The van der Waals surface area contributed by atoms with Gasteiger partial charge in [0.05, 0.1) is 4.90 Å². The number of hydrogen-bond donors (Lipinski definition) is 1. The van der Waals surface area contributed by atoms with Crippen LogP contribution < -0.4 is 5.73 Å². The summed E-state index contributed by atoms with van der Waals surface area (Å²) in [4.78, 5) is 11.5. The summed E-state index contributed by atoms with van der Waals surface area (Å²) in [5.41, 5.74) is 5.97. The van der Waals surface area contributed by atoms with E-state index in [9.17, 15) is 13.2 Å². The molecular weight excluding hydrogens is 228 g/mol. The molecule has 2 N–H and O–H groups in total. The molecule has 1 saturated heterocycles. The van der Waals surface area contributed by atoms with Gasteiger partial charge in [0.1, 0.15) is 0 Å². The molecular formula is C10H12N2O3S. The Bertz CT molecular complexity index is 507. The molecule has 2 rings (SSSR count). The van der Waals surface area contributed by atoms with Gasteiger partial charge in [-0.05, 0) is 30.7 Å². The Labute approximate surface area is 93.9 Å². The van der Waals surface area contributed by atoms with Gasteiger partial charge in [-0.3, -0.25) is 4.79 Å². The maximum Gasteiger partial charge on any atom is 0.266 e. The van der Waals surface area contributed by atoms with Gasteiger partial charge >= 0.3 is 0 Å². The second-order valence-electron chi connectivity index (χ2n) is 3.64. The average molecular weight is 240 g/mol. The number of sulfonamides is 1. The Balaban J connectivity index is 2.39. The molecule has 0 aliphatic carbocycles. The smallest absolute Gasteiger partial charge is 0.266 e. The van der Waals surface area contributed by atoms with Crippen molar-refractivity contribution >= 4 is 21.6 Å². The van der Waals surface area contributed by atoms with Crippen LogP contribution in [-0.4, -0.2) is 25.2 Å². The zero-order valence-electron chi connectivity index (χ0n) is 8.59. The molecule has 0 bridgehead atoms. The lowest BCUT2D eigenvalue weighted by Gasteiger charge is -2.15. The van der Waals surface area contributed by atoms with E-state index < -0.39 is 10.0 Å². The van der Waals surface area contributed by atoms with Gasteiger partial charge in [-0.15, -0.1) is 0 Å². The largest absolute Gasteiger partial charge is 0.399 e. The summed E-state index contributed by atoms with van der Waals surface area (Å²) in [6.45, 7) is 0.269. The lowest BCUT2D eigenvalue weighted by Crippen LogP contribution is -2.31. The molecule has 1 aliphatic heterocycles. The molecule has 0 spiro atoms. The van der Waals surface area contributed by atoms with Crippen LogP contribution in [0.5, 0.6) is 0 Å². The second kappa shape index (κ2) is 3.79. The molecule has 0 aromatic heterocycles. The average Bonchev–Trinajstić information content (AvgIpc) is 2.66. The number of nitrogens with zero attached hydrogens (tertiary/aromatic N) is 1. The Kier molecular flexibility index (Phi) is 2.59. The minimum atomic E-state index is -3.68. The first kappa shape index (κ1) is 10.9. The number of amides is 1. The van der Waals surface area contributed by atoms with Gasteiger partial charge in [0, 0.05) is 18.7 Å². The molecule has 6 heteroatoms. The van der Waals surface area contributed by atoms with E-state index in [2.05, 4.69) is 0 Å². The third-order valence-corrected chi connectivity index (χ3v) is 4.33. The summed E-state index contributed by atoms with van der Waals surface area (Å²) in [5, 5.41) is 0. The molecule has 1 aromatic rings. The molecule has 86 valence electrons. The molecule has 1 aliphatic rings. The van der Waals surface area contributed by atoms with Crippen molar-refractivity contribution in [2.24, 2.45) is 0 Å². The summed E-state index contributed by atoms with van der Waals surface area (Å²) < 4.78 is 25.0. The molecule has 16 heavy (non-hydrogen) atoms. The Morgan fingerprint density at radius 1 is 1.19 bits per heavy atom. The number of nitrogen functional groups attached to an aromatic ring is 1. The van der Waals surface area contributed by atoms with E-state index in [0.29, 0.717) is 18.5 Å². The monoisotopic (exact) mass is 240 g/mol. The van der Waals surface area contributed by atoms with Crippen LogP contribution in [0.3, 0.4) is 0 Å². The first-order valence-electron chi connectivity index (χ1n) is 4.93. The molecule has 0 radical (unpaired) electrons. The zero-order chi connectivity index (χ0) is 11.8. The fourth-order valence-electron chi connectivity index (χ4n) is 1.64. The number of nitrogens with two attached hydrogens (primary N) is 1. The fourth-order valence-corrected chi connectivity index (χ4v) is 3.11. The van der Waals surface area contributed by atoms with Gasteiger partial charge in [-0.2, -0.15) is 0 Å². The van der Waals surface area contributed by atoms with Gasteiger partial charge < -0.3 is 5.73 Å². The van der Waals surface area contributed by atoms with Gasteiger partial charge in [-0.25, -0.2) is 12.7 Å². The highest BCUT2D eigenvalue weighted by atomic mass is 32.2.